The van der Waals surface area contributed by atoms with Gasteiger partial charge in [-0.05, 0) is 19.3 Å². The van der Waals surface area contributed by atoms with Crippen LogP contribution in [0.1, 0.15) is 25.5 Å². The zero-order chi connectivity index (χ0) is 10.7. The fraction of sp³-hybridized carbons (Fsp3) is 0.700. The van der Waals surface area contributed by atoms with Crippen LogP contribution in [0.2, 0.25) is 0 Å². The van der Waals surface area contributed by atoms with E-state index in [-0.39, 0.29) is 0 Å². The highest BCUT2D eigenvalue weighted by molar-refractivity contribution is 7.85. The van der Waals surface area contributed by atoms with Crippen LogP contribution in [0.15, 0.2) is 5.38 Å². The van der Waals surface area contributed by atoms with Gasteiger partial charge in [0.1, 0.15) is 0 Å². The number of aromatic nitrogens is 1. The summed E-state index contributed by atoms with van der Waals surface area (Å²) in [6.07, 6.45) is 3.01. The first kappa shape index (κ1) is 11.1. The van der Waals surface area contributed by atoms with Crippen molar-refractivity contribution >= 4 is 27.3 Å². The average molecular weight is 244 g/mol. The molecular weight excluding hydrogens is 228 g/mol. The van der Waals surface area contributed by atoms with E-state index < -0.39 is 10.8 Å². The maximum atomic E-state index is 11.2. The standard InChI is InChI=1S/C10H16N2OS2/c1-2-8-7-14-10(11-8)12-9-3-5-15(13)6-4-9/h7,9H,2-6H2,1H3,(H,11,12). The third kappa shape index (κ3) is 3.01. The van der Waals surface area contributed by atoms with E-state index in [1.165, 1.54) is 0 Å². The molecule has 1 aromatic rings. The van der Waals surface area contributed by atoms with Crippen LogP contribution in [0.4, 0.5) is 5.13 Å². The molecule has 1 aliphatic heterocycles. The molecule has 0 unspecified atom stereocenters. The molecule has 0 spiro atoms. The molecule has 1 aliphatic rings. The molecule has 84 valence electrons. The van der Waals surface area contributed by atoms with Gasteiger partial charge in [-0.1, -0.05) is 6.92 Å². The third-order valence-electron chi connectivity index (χ3n) is 2.63. The molecule has 5 heteroatoms. The van der Waals surface area contributed by atoms with Gasteiger partial charge in [-0.2, -0.15) is 0 Å². The van der Waals surface area contributed by atoms with E-state index in [9.17, 15) is 4.21 Å². The van der Waals surface area contributed by atoms with Gasteiger partial charge in [0.15, 0.2) is 5.13 Å². The number of nitrogens with one attached hydrogen (secondary N) is 1. The Morgan fingerprint density at radius 2 is 2.33 bits per heavy atom. The highest BCUT2D eigenvalue weighted by Crippen LogP contribution is 2.20. The summed E-state index contributed by atoms with van der Waals surface area (Å²) in [5.74, 6) is 1.67. The Hall–Kier alpha value is -0.420. The largest absolute Gasteiger partial charge is 0.359 e. The van der Waals surface area contributed by atoms with Gasteiger partial charge in [0.25, 0.3) is 0 Å². The number of thiazole rings is 1. The van der Waals surface area contributed by atoms with Crippen molar-refractivity contribution in [2.45, 2.75) is 32.2 Å². The first-order valence-corrected chi connectivity index (χ1v) is 7.70. The Bertz CT molecular complexity index is 341. The second-order valence-electron chi connectivity index (χ2n) is 3.76. The van der Waals surface area contributed by atoms with Gasteiger partial charge in [0, 0.05) is 33.7 Å². The summed E-state index contributed by atoms with van der Waals surface area (Å²) in [6.45, 7) is 2.11. The molecule has 3 nitrogen and oxygen atoms in total. The predicted molar refractivity (Wildman–Crippen MR) is 66.0 cm³/mol. The lowest BCUT2D eigenvalue weighted by molar-refractivity contribution is 0.623. The van der Waals surface area contributed by atoms with Crippen molar-refractivity contribution in [3.8, 4) is 0 Å². The topological polar surface area (TPSA) is 42.0 Å². The number of anilines is 1. The molecule has 15 heavy (non-hydrogen) atoms. The lowest BCUT2D eigenvalue weighted by atomic mass is 10.2. The molecule has 0 bridgehead atoms. The van der Waals surface area contributed by atoms with Crippen molar-refractivity contribution in [3.63, 3.8) is 0 Å². The smallest absolute Gasteiger partial charge is 0.183 e. The van der Waals surface area contributed by atoms with Crippen molar-refractivity contribution in [1.29, 1.82) is 0 Å². The summed E-state index contributed by atoms with van der Waals surface area (Å²) < 4.78 is 11.2. The Morgan fingerprint density at radius 1 is 1.60 bits per heavy atom. The second-order valence-corrected chi connectivity index (χ2v) is 6.32. The minimum Gasteiger partial charge on any atom is -0.359 e. The van der Waals surface area contributed by atoms with E-state index in [1.807, 2.05) is 0 Å². The molecule has 1 saturated heterocycles. The predicted octanol–water partition coefficient (Wildman–Crippen LogP) is 2.03. The minimum absolute atomic E-state index is 0.471. The lowest BCUT2D eigenvalue weighted by Crippen LogP contribution is -2.29. The number of aryl methyl sites for hydroxylation is 1. The van der Waals surface area contributed by atoms with Gasteiger partial charge in [0.05, 0.1) is 5.69 Å². The van der Waals surface area contributed by atoms with E-state index in [1.54, 1.807) is 11.3 Å². The van der Waals surface area contributed by atoms with Crippen molar-refractivity contribution in [2.75, 3.05) is 16.8 Å². The van der Waals surface area contributed by atoms with E-state index in [4.69, 9.17) is 0 Å². The molecule has 1 N–H and O–H groups in total. The quantitative estimate of drug-likeness (QED) is 0.884. The molecule has 0 aromatic carbocycles. The van der Waals surface area contributed by atoms with E-state index in [0.717, 1.165) is 41.6 Å². The van der Waals surface area contributed by atoms with Crippen molar-refractivity contribution in [1.82, 2.24) is 4.98 Å². The van der Waals surface area contributed by atoms with Crippen LogP contribution in [0.5, 0.6) is 0 Å². The average Bonchev–Trinajstić information content (AvgIpc) is 2.69. The SMILES string of the molecule is CCc1csc(NC2CCS(=O)CC2)n1. The van der Waals surface area contributed by atoms with Gasteiger partial charge in [-0.25, -0.2) is 4.98 Å². The summed E-state index contributed by atoms with van der Waals surface area (Å²) in [6, 6.07) is 0.471. The van der Waals surface area contributed by atoms with Gasteiger partial charge in [-0.3, -0.25) is 4.21 Å². The molecule has 0 radical (unpaired) electrons. The Labute approximate surface area is 96.8 Å². The highest BCUT2D eigenvalue weighted by atomic mass is 32.2. The normalized spacial score (nSPS) is 26.5. The van der Waals surface area contributed by atoms with Gasteiger partial charge in [0.2, 0.25) is 0 Å². The van der Waals surface area contributed by atoms with Crippen molar-refractivity contribution in [2.24, 2.45) is 0 Å². The summed E-state index contributed by atoms with van der Waals surface area (Å²) in [7, 11) is -0.572. The van der Waals surface area contributed by atoms with E-state index >= 15 is 0 Å². The molecule has 0 atom stereocenters. The van der Waals surface area contributed by atoms with Gasteiger partial charge < -0.3 is 5.32 Å². The Balaban J connectivity index is 1.88. The molecule has 0 saturated carbocycles. The molecule has 2 rings (SSSR count). The monoisotopic (exact) mass is 244 g/mol. The number of rotatable bonds is 3. The van der Waals surface area contributed by atoms with E-state index in [0.29, 0.717) is 6.04 Å². The second kappa shape index (κ2) is 5.07. The fourth-order valence-corrected chi connectivity index (χ4v) is 3.82. The number of hydrogen-bond donors (Lipinski definition) is 1. The maximum Gasteiger partial charge on any atom is 0.183 e. The molecule has 1 aromatic heterocycles. The van der Waals surface area contributed by atoms with Gasteiger partial charge >= 0.3 is 0 Å². The maximum absolute atomic E-state index is 11.2. The third-order valence-corrected chi connectivity index (χ3v) is 4.83. The zero-order valence-corrected chi connectivity index (χ0v) is 10.5. The van der Waals surface area contributed by atoms with E-state index in [2.05, 4.69) is 22.6 Å². The minimum atomic E-state index is -0.572. The van der Waals surface area contributed by atoms with Crippen molar-refractivity contribution in [3.05, 3.63) is 11.1 Å². The molecule has 2 heterocycles. The van der Waals surface area contributed by atoms with Crippen LogP contribution in [-0.4, -0.2) is 26.7 Å². The zero-order valence-electron chi connectivity index (χ0n) is 8.86. The summed E-state index contributed by atoms with van der Waals surface area (Å²) in [5, 5.41) is 6.55. The van der Waals surface area contributed by atoms with Gasteiger partial charge in [-0.15, -0.1) is 11.3 Å². The van der Waals surface area contributed by atoms with Crippen LogP contribution >= 0.6 is 11.3 Å². The molecule has 0 aliphatic carbocycles. The molecule has 0 amide bonds. The summed E-state index contributed by atoms with van der Waals surface area (Å²) in [5.41, 5.74) is 1.15. The first-order valence-electron chi connectivity index (χ1n) is 5.34. The van der Waals surface area contributed by atoms with Crippen LogP contribution in [0.25, 0.3) is 0 Å². The lowest BCUT2D eigenvalue weighted by Gasteiger charge is -2.21. The summed E-state index contributed by atoms with van der Waals surface area (Å²) in [4.78, 5) is 4.47. The van der Waals surface area contributed by atoms with Crippen LogP contribution < -0.4 is 5.32 Å². The molecule has 1 fully saturated rings. The Kier molecular flexibility index (Phi) is 3.75. The first-order chi connectivity index (χ1) is 7.28. The molecular formula is C10H16N2OS2. The van der Waals surface area contributed by atoms with Crippen LogP contribution in [0, 0.1) is 0 Å². The summed E-state index contributed by atoms with van der Waals surface area (Å²) >= 11 is 1.67. The number of hydrogen-bond acceptors (Lipinski definition) is 4. The Morgan fingerprint density at radius 3 is 2.93 bits per heavy atom. The van der Waals surface area contributed by atoms with Crippen LogP contribution in [-0.2, 0) is 17.2 Å². The number of nitrogens with zero attached hydrogens (tertiary/aromatic N) is 1. The van der Waals surface area contributed by atoms with Crippen LogP contribution in [0.3, 0.4) is 0 Å². The fourth-order valence-electron chi connectivity index (χ4n) is 1.65. The van der Waals surface area contributed by atoms with Crippen molar-refractivity contribution < 1.29 is 4.21 Å². The highest BCUT2D eigenvalue weighted by Gasteiger charge is 2.18.